The van der Waals surface area contributed by atoms with Crippen molar-refractivity contribution < 1.29 is 14.4 Å². The quantitative estimate of drug-likeness (QED) is 0.515. The average molecular weight is 495 g/mol. The van der Waals surface area contributed by atoms with Gasteiger partial charge in [0, 0.05) is 51.0 Å². The Balaban J connectivity index is 1.26. The van der Waals surface area contributed by atoms with E-state index in [1.54, 1.807) is 15.9 Å². The molecule has 1 saturated heterocycles. The van der Waals surface area contributed by atoms with Crippen molar-refractivity contribution >= 4 is 46.0 Å². The molecule has 0 unspecified atom stereocenters. The van der Waals surface area contributed by atoms with Gasteiger partial charge in [-0.2, -0.15) is 0 Å². The minimum absolute atomic E-state index is 0.0830. The van der Waals surface area contributed by atoms with Gasteiger partial charge >= 0.3 is 0 Å². The van der Waals surface area contributed by atoms with Crippen LogP contribution in [0.2, 0.25) is 0 Å². The number of carbonyl (C=O) groups is 3. The molecule has 2 heterocycles. The van der Waals surface area contributed by atoms with Gasteiger partial charge < -0.3 is 9.80 Å². The van der Waals surface area contributed by atoms with E-state index >= 15 is 0 Å². The van der Waals surface area contributed by atoms with E-state index in [4.69, 9.17) is 0 Å². The zero-order valence-corrected chi connectivity index (χ0v) is 21.2. The largest absolute Gasteiger partial charge is 0.339 e. The Hall–Kier alpha value is -3.00. The fraction of sp³-hybridized carbons (Fsp3) is 0.481. The van der Waals surface area contributed by atoms with Crippen LogP contribution in [0.1, 0.15) is 57.6 Å². The lowest BCUT2D eigenvalue weighted by Gasteiger charge is -2.34. The first-order valence-corrected chi connectivity index (χ1v) is 13.5. The fourth-order valence-corrected chi connectivity index (χ4v) is 5.71. The second kappa shape index (κ2) is 12.1. The Kier molecular flexibility index (Phi) is 8.69. The Labute approximate surface area is 211 Å². The number of anilines is 2. The summed E-state index contributed by atoms with van der Waals surface area (Å²) >= 11 is 1.36. The van der Waals surface area contributed by atoms with Gasteiger partial charge in [0.1, 0.15) is 0 Å². The van der Waals surface area contributed by atoms with Crippen LogP contribution in [-0.2, 0) is 14.4 Å². The first kappa shape index (κ1) is 25.1. The van der Waals surface area contributed by atoms with Gasteiger partial charge in [0.25, 0.3) is 0 Å². The summed E-state index contributed by atoms with van der Waals surface area (Å²) in [5.74, 6) is 0.729. The Morgan fingerprint density at radius 1 is 1.03 bits per heavy atom. The molecule has 2 fully saturated rings. The average Bonchev–Trinajstić information content (AvgIpc) is 3.35. The van der Waals surface area contributed by atoms with Crippen LogP contribution in [0.15, 0.2) is 41.8 Å². The highest BCUT2D eigenvalue weighted by molar-refractivity contribution is 7.14. The second-order valence-electron chi connectivity index (χ2n) is 9.33. The fourth-order valence-electron chi connectivity index (χ4n) is 4.86. The van der Waals surface area contributed by atoms with Gasteiger partial charge in [-0.1, -0.05) is 50.3 Å². The van der Waals surface area contributed by atoms with E-state index in [9.17, 15) is 14.4 Å². The summed E-state index contributed by atoms with van der Waals surface area (Å²) in [4.78, 5) is 47.3. The van der Waals surface area contributed by atoms with E-state index < -0.39 is 0 Å². The van der Waals surface area contributed by atoms with Crippen LogP contribution < -0.4 is 4.90 Å². The van der Waals surface area contributed by atoms with Crippen LogP contribution in [-0.4, -0.2) is 58.7 Å². The topological polar surface area (TPSA) is 73.8 Å². The maximum atomic E-state index is 12.7. The molecule has 7 nitrogen and oxygen atoms in total. The van der Waals surface area contributed by atoms with Gasteiger partial charge in [-0.3, -0.25) is 19.3 Å². The van der Waals surface area contributed by atoms with Gasteiger partial charge in [0.2, 0.25) is 17.7 Å². The first-order valence-electron chi connectivity index (χ1n) is 12.6. The molecule has 2 aliphatic rings. The van der Waals surface area contributed by atoms with Crippen LogP contribution in [0.4, 0.5) is 10.8 Å². The van der Waals surface area contributed by atoms with Crippen molar-refractivity contribution in [2.75, 3.05) is 31.1 Å². The number of rotatable bonds is 7. The lowest BCUT2D eigenvalue weighted by atomic mass is 9.86. The van der Waals surface area contributed by atoms with E-state index in [1.165, 1.54) is 56.4 Å². The van der Waals surface area contributed by atoms with E-state index in [0.717, 1.165) is 12.1 Å². The summed E-state index contributed by atoms with van der Waals surface area (Å²) in [7, 11) is 0. The number of hydrogen-bond acceptors (Lipinski definition) is 5. The number of nitrogens with zero attached hydrogens (tertiary/aromatic N) is 4. The highest BCUT2D eigenvalue weighted by Crippen LogP contribution is 2.29. The van der Waals surface area contributed by atoms with Crippen molar-refractivity contribution in [1.82, 2.24) is 14.8 Å². The molecule has 8 heteroatoms. The normalized spacial score (nSPS) is 17.1. The van der Waals surface area contributed by atoms with Gasteiger partial charge in [-0.15, -0.1) is 11.3 Å². The maximum absolute atomic E-state index is 12.7. The number of benzene rings is 1. The molecular weight excluding hydrogens is 460 g/mol. The first-order chi connectivity index (χ1) is 17.0. The molecule has 2 aromatic rings. The molecule has 1 aliphatic carbocycles. The number of para-hydroxylation sites is 1. The van der Waals surface area contributed by atoms with E-state index in [0.29, 0.717) is 49.3 Å². The third kappa shape index (κ3) is 6.78. The molecule has 1 aromatic carbocycles. The molecule has 4 rings (SSSR count). The Morgan fingerprint density at radius 2 is 1.71 bits per heavy atom. The number of piperazine rings is 1. The molecule has 0 spiro atoms. The second-order valence-corrected chi connectivity index (χ2v) is 10.2. The van der Waals surface area contributed by atoms with Crippen molar-refractivity contribution in [2.24, 2.45) is 5.92 Å². The van der Waals surface area contributed by atoms with Gasteiger partial charge in [-0.05, 0) is 30.5 Å². The van der Waals surface area contributed by atoms with Crippen molar-refractivity contribution in [2.45, 2.75) is 51.9 Å². The molecule has 1 saturated carbocycles. The molecule has 0 atom stereocenters. The smallest absolute Gasteiger partial charge is 0.246 e. The number of thiazole rings is 1. The van der Waals surface area contributed by atoms with Crippen molar-refractivity contribution in [3.05, 3.63) is 47.5 Å². The molecule has 0 bridgehead atoms. The maximum Gasteiger partial charge on any atom is 0.246 e. The molecule has 186 valence electrons. The lowest BCUT2D eigenvalue weighted by Crippen LogP contribution is -2.50. The summed E-state index contributed by atoms with van der Waals surface area (Å²) in [6.45, 7) is 3.79. The minimum Gasteiger partial charge on any atom is -0.339 e. The highest BCUT2D eigenvalue weighted by atomic mass is 32.1. The zero-order chi connectivity index (χ0) is 24.6. The van der Waals surface area contributed by atoms with Crippen LogP contribution in [0.5, 0.6) is 0 Å². The van der Waals surface area contributed by atoms with Crippen LogP contribution in [0, 0.1) is 5.92 Å². The monoisotopic (exact) mass is 494 g/mol. The summed E-state index contributed by atoms with van der Waals surface area (Å²) in [5.41, 5.74) is 1.39. The zero-order valence-electron chi connectivity index (χ0n) is 20.4. The van der Waals surface area contributed by atoms with Gasteiger partial charge in [0.05, 0.1) is 11.4 Å². The van der Waals surface area contributed by atoms with Crippen molar-refractivity contribution in [3.63, 3.8) is 0 Å². The summed E-state index contributed by atoms with van der Waals surface area (Å²) in [6.07, 6.45) is 11.3. The van der Waals surface area contributed by atoms with Gasteiger partial charge in [0.15, 0.2) is 5.13 Å². The number of amides is 3. The summed E-state index contributed by atoms with van der Waals surface area (Å²) < 4.78 is 0. The van der Waals surface area contributed by atoms with Crippen molar-refractivity contribution in [1.29, 1.82) is 0 Å². The molecule has 35 heavy (non-hydrogen) atoms. The van der Waals surface area contributed by atoms with E-state index in [1.807, 2.05) is 40.6 Å². The molecule has 1 aromatic heterocycles. The number of carbonyl (C=O) groups excluding carboxylic acids is 3. The van der Waals surface area contributed by atoms with E-state index in [2.05, 4.69) is 4.98 Å². The number of aromatic nitrogens is 1. The SMILES string of the molecule is CC(=O)N(c1ccccc1)c1nc(/C=C/C(=O)N2CCN(C(=O)CCC3CCCCC3)CC2)cs1. The van der Waals surface area contributed by atoms with Crippen LogP contribution in [0.3, 0.4) is 0 Å². The molecule has 0 N–H and O–H groups in total. The summed E-state index contributed by atoms with van der Waals surface area (Å²) in [5, 5.41) is 2.40. The highest BCUT2D eigenvalue weighted by Gasteiger charge is 2.24. The number of hydrogen-bond donors (Lipinski definition) is 0. The Morgan fingerprint density at radius 3 is 2.40 bits per heavy atom. The third-order valence-corrected chi connectivity index (χ3v) is 7.71. The summed E-state index contributed by atoms with van der Waals surface area (Å²) in [6, 6.07) is 9.38. The molecular formula is C27H34N4O3S. The minimum atomic E-state index is -0.122. The van der Waals surface area contributed by atoms with Crippen molar-refractivity contribution in [3.8, 4) is 0 Å². The molecule has 1 aliphatic heterocycles. The molecule has 0 radical (unpaired) electrons. The molecule has 3 amide bonds. The Bertz CT molecular complexity index is 1040. The van der Waals surface area contributed by atoms with E-state index in [-0.39, 0.29) is 17.7 Å². The predicted octanol–water partition coefficient (Wildman–Crippen LogP) is 4.87. The lowest BCUT2D eigenvalue weighted by molar-refractivity contribution is -0.137. The van der Waals surface area contributed by atoms with Crippen LogP contribution in [0.25, 0.3) is 6.08 Å². The van der Waals surface area contributed by atoms with Crippen LogP contribution >= 0.6 is 11.3 Å². The predicted molar refractivity (Wildman–Crippen MR) is 139 cm³/mol. The third-order valence-electron chi connectivity index (χ3n) is 6.86. The standard InChI is InChI=1S/C27H34N4O3S/c1-21(32)31(24-10-6-3-7-11-24)27-28-23(20-35-27)13-15-26(34)30-18-16-29(17-19-30)25(33)14-12-22-8-4-2-5-9-22/h3,6-7,10-11,13,15,20,22H,2,4-5,8-9,12,14,16-19H2,1H3/b15-13+. The van der Waals surface area contributed by atoms with Gasteiger partial charge in [-0.25, -0.2) is 4.98 Å².